The Labute approximate surface area is 242 Å². The third kappa shape index (κ3) is 9.59. The number of anilines is 2. The number of carbonyl (C=O) groups excluding carboxylic acids is 3. The fourth-order valence-corrected chi connectivity index (χ4v) is 4.98. The summed E-state index contributed by atoms with van der Waals surface area (Å²) in [5.41, 5.74) is 1.76. The summed E-state index contributed by atoms with van der Waals surface area (Å²) in [6.45, 7) is 5.22. The van der Waals surface area contributed by atoms with Gasteiger partial charge in [0, 0.05) is 35.7 Å². The molecule has 0 saturated heterocycles. The van der Waals surface area contributed by atoms with Crippen LogP contribution < -0.4 is 20.7 Å². The average Bonchev–Trinajstić information content (AvgIpc) is 3.34. The first-order chi connectivity index (χ1) is 19.6. The molecule has 0 fully saturated rings. The smallest absolute Gasteiger partial charge is 0.407 e. The maximum absolute atomic E-state index is 12.9. The Bertz CT molecular complexity index is 1410. The van der Waals surface area contributed by atoms with Crippen molar-refractivity contribution in [1.82, 2.24) is 10.3 Å². The van der Waals surface area contributed by atoms with Gasteiger partial charge in [-0.3, -0.25) is 14.9 Å². The molecule has 0 saturated carbocycles. The van der Waals surface area contributed by atoms with Crippen LogP contribution in [0, 0.1) is 11.3 Å². The zero-order chi connectivity index (χ0) is 30.0. The van der Waals surface area contributed by atoms with Crippen LogP contribution in [-0.4, -0.2) is 53.4 Å². The number of aryl methyl sites for hydroxylation is 1. The number of benzene rings is 2. The lowest BCUT2D eigenvalue weighted by Gasteiger charge is -2.25. The van der Waals surface area contributed by atoms with Gasteiger partial charge in [-0.2, -0.15) is 5.26 Å². The lowest BCUT2D eigenvalue weighted by Crippen LogP contribution is -2.41. The predicted octanol–water partition coefficient (Wildman–Crippen LogP) is 4.28. The molecule has 12 heteroatoms. The van der Waals surface area contributed by atoms with E-state index in [1.54, 1.807) is 48.5 Å². The van der Waals surface area contributed by atoms with Gasteiger partial charge in [-0.25, -0.2) is 9.78 Å². The standard InChI is InChI=1S/C28H29N5O5S.CH4O/c1-28(2,3)38-27(36)31-20-11-12-22-23(14-20)39-26(32-22)33-25(35)18-5-4-6-21(13-18)37-16-24(34)30-19-9-7-17(15-29)8-10-19;1-2/h4-10,13,20H,11-12,14,16H2,1-3H3,(H,30,34)(H,31,36)(H,32,33,35);2H,1H3. The minimum atomic E-state index is -0.563. The Morgan fingerprint density at radius 1 is 1.12 bits per heavy atom. The Hall–Kier alpha value is -4.47. The molecule has 2 aromatic carbocycles. The van der Waals surface area contributed by atoms with Gasteiger partial charge in [0.05, 0.1) is 17.3 Å². The first-order valence-electron chi connectivity index (χ1n) is 12.8. The molecule has 11 nitrogen and oxygen atoms in total. The molecule has 1 heterocycles. The highest BCUT2D eigenvalue weighted by Gasteiger charge is 2.26. The summed E-state index contributed by atoms with van der Waals surface area (Å²) in [4.78, 5) is 42.8. The molecule has 0 bridgehead atoms. The van der Waals surface area contributed by atoms with Crippen molar-refractivity contribution in [3.05, 3.63) is 70.2 Å². The Balaban J connectivity index is 0.00000226. The Morgan fingerprint density at radius 3 is 2.54 bits per heavy atom. The molecule has 1 atom stereocenters. The summed E-state index contributed by atoms with van der Waals surface area (Å²) in [7, 11) is 1.00. The zero-order valence-electron chi connectivity index (χ0n) is 23.3. The van der Waals surface area contributed by atoms with E-state index < -0.39 is 11.7 Å². The number of thiazole rings is 1. The summed E-state index contributed by atoms with van der Waals surface area (Å²) in [5, 5.41) is 24.8. The lowest BCUT2D eigenvalue weighted by atomic mass is 9.98. The maximum atomic E-state index is 12.9. The third-order valence-corrected chi connectivity index (χ3v) is 6.68. The average molecular weight is 580 g/mol. The van der Waals surface area contributed by atoms with E-state index in [1.165, 1.54) is 11.3 Å². The number of alkyl carbamates (subject to hydrolysis) is 1. The summed E-state index contributed by atoms with van der Waals surface area (Å²) in [6.07, 6.45) is 1.61. The second-order valence-corrected chi connectivity index (χ2v) is 11.1. The number of ether oxygens (including phenoxy) is 2. The van der Waals surface area contributed by atoms with E-state index in [2.05, 4.69) is 20.9 Å². The van der Waals surface area contributed by atoms with Crippen LogP contribution in [0.3, 0.4) is 0 Å². The lowest BCUT2D eigenvalue weighted by molar-refractivity contribution is -0.118. The van der Waals surface area contributed by atoms with E-state index >= 15 is 0 Å². The van der Waals surface area contributed by atoms with E-state index in [0.29, 0.717) is 40.5 Å². The molecule has 3 amide bonds. The van der Waals surface area contributed by atoms with Crippen molar-refractivity contribution >= 4 is 40.1 Å². The summed E-state index contributed by atoms with van der Waals surface area (Å²) < 4.78 is 10.9. The summed E-state index contributed by atoms with van der Waals surface area (Å²) >= 11 is 1.39. The van der Waals surface area contributed by atoms with Gasteiger partial charge in [0.2, 0.25) is 0 Å². The van der Waals surface area contributed by atoms with Gasteiger partial charge in [0.1, 0.15) is 11.4 Å². The molecule has 3 aromatic rings. The second kappa shape index (κ2) is 14.2. The van der Waals surface area contributed by atoms with E-state index in [9.17, 15) is 14.4 Å². The zero-order valence-corrected chi connectivity index (χ0v) is 24.1. The number of hydrogen-bond donors (Lipinski definition) is 4. The van der Waals surface area contributed by atoms with Crippen LogP contribution in [0.4, 0.5) is 15.6 Å². The van der Waals surface area contributed by atoms with Crippen LogP contribution in [0.2, 0.25) is 0 Å². The summed E-state index contributed by atoms with van der Waals surface area (Å²) in [6, 6.07) is 15.0. The first kappa shape index (κ1) is 31.1. The van der Waals surface area contributed by atoms with Gasteiger partial charge < -0.3 is 25.2 Å². The fraction of sp³-hybridized carbons (Fsp3) is 0.345. The number of fused-ring (bicyclic) bond motifs is 1. The molecule has 0 aliphatic heterocycles. The first-order valence-corrected chi connectivity index (χ1v) is 13.7. The van der Waals surface area contributed by atoms with Gasteiger partial charge in [0.25, 0.3) is 11.8 Å². The van der Waals surface area contributed by atoms with Crippen molar-refractivity contribution in [1.29, 1.82) is 5.26 Å². The number of nitrogens with one attached hydrogen (secondary N) is 3. The number of hydrogen-bond acceptors (Lipinski definition) is 9. The highest BCUT2D eigenvalue weighted by molar-refractivity contribution is 7.15. The van der Waals surface area contributed by atoms with Crippen molar-refractivity contribution in [2.75, 3.05) is 24.4 Å². The van der Waals surface area contributed by atoms with Crippen molar-refractivity contribution < 1.29 is 29.0 Å². The maximum Gasteiger partial charge on any atom is 0.407 e. The van der Waals surface area contributed by atoms with E-state index in [-0.39, 0.29) is 24.5 Å². The molecule has 1 aliphatic carbocycles. The molecule has 1 unspecified atom stereocenters. The van der Waals surface area contributed by atoms with Crippen molar-refractivity contribution in [2.24, 2.45) is 0 Å². The normalized spacial score (nSPS) is 13.8. The minimum Gasteiger partial charge on any atom is -0.484 e. The van der Waals surface area contributed by atoms with Crippen LogP contribution in [0.15, 0.2) is 48.5 Å². The fourth-order valence-electron chi connectivity index (χ4n) is 3.90. The number of aliphatic hydroxyl groups excluding tert-OH is 1. The number of nitriles is 1. The van der Waals surface area contributed by atoms with Crippen molar-refractivity contribution in [3.8, 4) is 11.8 Å². The second-order valence-electron chi connectivity index (χ2n) is 9.98. The summed E-state index contributed by atoms with van der Waals surface area (Å²) in [5.74, 6) is -0.355. The van der Waals surface area contributed by atoms with Crippen molar-refractivity contribution in [2.45, 2.75) is 51.7 Å². The van der Waals surface area contributed by atoms with Crippen LogP contribution in [0.25, 0.3) is 0 Å². The van der Waals surface area contributed by atoms with Gasteiger partial charge in [0.15, 0.2) is 11.7 Å². The molecule has 0 spiro atoms. The highest BCUT2D eigenvalue weighted by Crippen LogP contribution is 2.30. The van der Waals surface area contributed by atoms with E-state index in [1.807, 2.05) is 26.8 Å². The molecule has 216 valence electrons. The largest absolute Gasteiger partial charge is 0.484 e. The number of carbonyl (C=O) groups is 3. The predicted molar refractivity (Wildman–Crippen MR) is 155 cm³/mol. The Kier molecular flexibility index (Phi) is 10.8. The topological polar surface area (TPSA) is 163 Å². The van der Waals surface area contributed by atoms with Gasteiger partial charge in [-0.15, -0.1) is 11.3 Å². The number of amides is 3. The van der Waals surface area contributed by atoms with Gasteiger partial charge >= 0.3 is 6.09 Å². The van der Waals surface area contributed by atoms with Crippen molar-refractivity contribution in [3.63, 3.8) is 0 Å². The highest BCUT2D eigenvalue weighted by atomic mass is 32.1. The van der Waals surface area contributed by atoms with Gasteiger partial charge in [-0.05, 0) is 76.1 Å². The number of nitrogens with zero attached hydrogens (tertiary/aromatic N) is 2. The molecule has 1 aliphatic rings. The van der Waals surface area contributed by atoms with E-state index in [4.69, 9.17) is 19.8 Å². The SMILES string of the molecule is CC(C)(C)OC(=O)NC1CCc2nc(NC(=O)c3cccc(OCC(=O)Nc4ccc(C#N)cc4)c3)sc2C1.CO. The Morgan fingerprint density at radius 2 is 1.85 bits per heavy atom. The van der Waals surface area contributed by atoms with Crippen LogP contribution in [0.1, 0.15) is 53.7 Å². The van der Waals surface area contributed by atoms with Crippen LogP contribution in [0.5, 0.6) is 5.75 Å². The molecular formula is C29H33N5O6S. The molecular weight excluding hydrogens is 546 g/mol. The molecule has 4 rings (SSSR count). The monoisotopic (exact) mass is 579 g/mol. The third-order valence-electron chi connectivity index (χ3n) is 5.64. The molecule has 0 radical (unpaired) electrons. The minimum absolute atomic E-state index is 0.0562. The molecule has 41 heavy (non-hydrogen) atoms. The van der Waals surface area contributed by atoms with Gasteiger partial charge in [-0.1, -0.05) is 6.07 Å². The number of aliphatic hydroxyl groups is 1. The number of rotatable bonds is 7. The quantitative estimate of drug-likeness (QED) is 0.322. The molecule has 4 N–H and O–H groups in total. The number of aromatic nitrogens is 1. The van der Waals surface area contributed by atoms with Crippen LogP contribution in [-0.2, 0) is 22.4 Å². The van der Waals surface area contributed by atoms with Crippen LogP contribution >= 0.6 is 11.3 Å². The van der Waals surface area contributed by atoms with E-state index in [0.717, 1.165) is 24.1 Å². The molecule has 1 aromatic heterocycles.